The van der Waals surface area contributed by atoms with Crippen molar-refractivity contribution in [1.82, 2.24) is 4.31 Å². The smallest absolute Gasteiger partial charge is 0.207 e. The van der Waals surface area contributed by atoms with E-state index in [0.717, 1.165) is 12.8 Å². The lowest BCUT2D eigenvalue weighted by Crippen LogP contribution is -2.33. The number of rotatable bonds is 6. The van der Waals surface area contributed by atoms with Gasteiger partial charge < -0.3 is 0 Å². The van der Waals surface area contributed by atoms with Crippen LogP contribution in [0.4, 0.5) is 0 Å². The van der Waals surface area contributed by atoms with Gasteiger partial charge in [0.05, 0.1) is 5.02 Å². The number of halogens is 3. The van der Waals surface area contributed by atoms with Gasteiger partial charge in [0.1, 0.15) is 4.90 Å². The van der Waals surface area contributed by atoms with Gasteiger partial charge in [0, 0.05) is 24.0 Å². The summed E-state index contributed by atoms with van der Waals surface area (Å²) in [6.45, 7) is 2.80. The molecular formula is C13H16Cl3NO2S. The van der Waals surface area contributed by atoms with Gasteiger partial charge >= 0.3 is 0 Å². The van der Waals surface area contributed by atoms with Crippen molar-refractivity contribution in [2.75, 3.05) is 13.1 Å². The molecule has 0 saturated heterocycles. The molecule has 20 heavy (non-hydrogen) atoms. The van der Waals surface area contributed by atoms with E-state index in [4.69, 9.17) is 34.8 Å². The molecule has 0 amide bonds. The highest BCUT2D eigenvalue weighted by Crippen LogP contribution is 2.34. The van der Waals surface area contributed by atoms with Crippen LogP contribution in [0.3, 0.4) is 0 Å². The zero-order valence-electron chi connectivity index (χ0n) is 11.1. The molecule has 1 fully saturated rings. The van der Waals surface area contributed by atoms with Crippen molar-refractivity contribution >= 4 is 44.8 Å². The van der Waals surface area contributed by atoms with Gasteiger partial charge in [-0.3, -0.25) is 0 Å². The van der Waals surface area contributed by atoms with Gasteiger partial charge in [-0.05, 0) is 36.5 Å². The van der Waals surface area contributed by atoms with Gasteiger partial charge in [0.2, 0.25) is 10.0 Å². The molecule has 1 aromatic carbocycles. The fourth-order valence-electron chi connectivity index (χ4n) is 2.00. The molecule has 0 N–H and O–H groups in total. The van der Waals surface area contributed by atoms with E-state index in [0.29, 0.717) is 29.6 Å². The van der Waals surface area contributed by atoms with Crippen LogP contribution in [-0.4, -0.2) is 25.8 Å². The average Bonchev–Trinajstić information content (AvgIpc) is 3.19. The summed E-state index contributed by atoms with van der Waals surface area (Å²) in [7, 11) is -3.60. The first-order valence-corrected chi connectivity index (χ1v) is 9.17. The molecule has 0 heterocycles. The van der Waals surface area contributed by atoms with Crippen LogP contribution in [0.15, 0.2) is 17.0 Å². The van der Waals surface area contributed by atoms with Crippen LogP contribution in [0.5, 0.6) is 0 Å². The monoisotopic (exact) mass is 355 g/mol. The molecule has 0 unspecified atom stereocenters. The fraction of sp³-hybridized carbons (Fsp3) is 0.538. The van der Waals surface area contributed by atoms with Crippen molar-refractivity contribution in [3.63, 3.8) is 0 Å². The van der Waals surface area contributed by atoms with Crippen molar-refractivity contribution in [2.24, 2.45) is 5.92 Å². The molecule has 0 aliphatic heterocycles. The molecule has 2 rings (SSSR count). The molecule has 0 aromatic heterocycles. The lowest BCUT2D eigenvalue weighted by molar-refractivity contribution is 0.412. The minimum atomic E-state index is -3.60. The molecule has 0 atom stereocenters. The fourth-order valence-corrected chi connectivity index (χ4v) is 4.65. The quantitative estimate of drug-likeness (QED) is 0.718. The highest BCUT2D eigenvalue weighted by molar-refractivity contribution is 7.89. The third-order valence-electron chi connectivity index (χ3n) is 3.37. The Kier molecular flexibility index (Phi) is 5.24. The molecule has 1 aromatic rings. The van der Waals surface area contributed by atoms with Crippen LogP contribution in [0.1, 0.15) is 25.3 Å². The molecule has 112 valence electrons. The zero-order chi connectivity index (χ0) is 14.9. The topological polar surface area (TPSA) is 37.4 Å². The Labute approximate surface area is 134 Å². The van der Waals surface area contributed by atoms with E-state index in [1.807, 2.05) is 6.92 Å². The summed E-state index contributed by atoms with van der Waals surface area (Å²) in [5.74, 6) is 0.621. The van der Waals surface area contributed by atoms with E-state index in [-0.39, 0.29) is 15.8 Å². The van der Waals surface area contributed by atoms with E-state index in [9.17, 15) is 8.42 Å². The second-order valence-electron chi connectivity index (χ2n) is 4.91. The summed E-state index contributed by atoms with van der Waals surface area (Å²) in [5, 5.41) is 0.521. The Hall–Kier alpha value is -0.000000000000000111. The Balaban J connectivity index is 2.41. The first-order valence-electron chi connectivity index (χ1n) is 6.44. The summed E-state index contributed by atoms with van der Waals surface area (Å²) in [6.07, 6.45) is 2.18. The Morgan fingerprint density at radius 1 is 1.25 bits per heavy atom. The molecule has 0 spiro atoms. The van der Waals surface area contributed by atoms with Crippen LogP contribution in [0.25, 0.3) is 0 Å². The average molecular weight is 357 g/mol. The van der Waals surface area contributed by atoms with E-state index in [1.54, 1.807) is 0 Å². The lowest BCUT2D eigenvalue weighted by Gasteiger charge is -2.21. The zero-order valence-corrected chi connectivity index (χ0v) is 14.2. The minimum absolute atomic E-state index is 0.0849. The van der Waals surface area contributed by atoms with Crippen LogP contribution in [0, 0.1) is 5.92 Å². The van der Waals surface area contributed by atoms with Crippen molar-refractivity contribution in [2.45, 2.75) is 30.5 Å². The molecule has 0 radical (unpaired) electrons. The summed E-state index contributed by atoms with van der Waals surface area (Å²) >= 11 is 17.8. The van der Waals surface area contributed by atoms with Gasteiger partial charge in [-0.2, -0.15) is 4.31 Å². The number of benzene rings is 1. The largest absolute Gasteiger partial charge is 0.244 e. The van der Waals surface area contributed by atoms with Gasteiger partial charge in [0.15, 0.2) is 0 Å². The third kappa shape index (κ3) is 3.42. The molecule has 7 heteroatoms. The number of sulfonamides is 1. The SMILES string of the molecule is CCN(CC1CC1)S(=O)(=O)c1cc(CCl)c(Cl)cc1Cl. The summed E-state index contributed by atoms with van der Waals surface area (Å²) < 4.78 is 26.8. The van der Waals surface area contributed by atoms with Crippen LogP contribution in [0.2, 0.25) is 10.0 Å². The van der Waals surface area contributed by atoms with Gasteiger partial charge in [-0.15, -0.1) is 11.6 Å². The number of hydrogen-bond donors (Lipinski definition) is 0. The number of hydrogen-bond acceptors (Lipinski definition) is 2. The Morgan fingerprint density at radius 2 is 1.90 bits per heavy atom. The van der Waals surface area contributed by atoms with E-state index >= 15 is 0 Å². The maximum atomic E-state index is 12.7. The maximum Gasteiger partial charge on any atom is 0.244 e. The van der Waals surface area contributed by atoms with E-state index in [2.05, 4.69) is 0 Å². The lowest BCUT2D eigenvalue weighted by atomic mass is 10.2. The molecule has 0 bridgehead atoms. The highest BCUT2D eigenvalue weighted by Gasteiger charge is 2.32. The number of alkyl halides is 1. The maximum absolute atomic E-state index is 12.7. The first kappa shape index (κ1) is 16.4. The van der Waals surface area contributed by atoms with E-state index < -0.39 is 10.0 Å². The molecule has 1 aliphatic rings. The minimum Gasteiger partial charge on any atom is -0.207 e. The van der Waals surface area contributed by atoms with Crippen molar-refractivity contribution in [3.05, 3.63) is 27.7 Å². The standard InChI is InChI=1S/C13H16Cl3NO2S/c1-2-17(8-9-3-4-9)20(18,19)13-5-10(7-14)11(15)6-12(13)16/h5-6,9H,2-4,7-8H2,1H3. The second kappa shape index (κ2) is 6.41. The predicted molar refractivity (Wildman–Crippen MR) is 83.2 cm³/mol. The summed E-state index contributed by atoms with van der Waals surface area (Å²) in [5.41, 5.74) is 0.568. The second-order valence-corrected chi connectivity index (χ2v) is 7.89. The van der Waals surface area contributed by atoms with Crippen LogP contribution < -0.4 is 0 Å². The highest BCUT2D eigenvalue weighted by atomic mass is 35.5. The molecule has 1 saturated carbocycles. The van der Waals surface area contributed by atoms with Gasteiger partial charge in [0.25, 0.3) is 0 Å². The van der Waals surface area contributed by atoms with Crippen molar-refractivity contribution in [1.29, 1.82) is 0 Å². The van der Waals surface area contributed by atoms with Crippen LogP contribution in [-0.2, 0) is 15.9 Å². The molecule has 1 aliphatic carbocycles. The first-order chi connectivity index (χ1) is 9.40. The Morgan fingerprint density at radius 3 is 2.40 bits per heavy atom. The normalized spacial score (nSPS) is 15.8. The summed E-state index contributed by atoms with van der Waals surface area (Å²) in [4.78, 5) is 0.0849. The van der Waals surface area contributed by atoms with Gasteiger partial charge in [-0.25, -0.2) is 8.42 Å². The molecule has 3 nitrogen and oxygen atoms in total. The van der Waals surface area contributed by atoms with Crippen LogP contribution >= 0.6 is 34.8 Å². The number of nitrogens with zero attached hydrogens (tertiary/aromatic N) is 1. The van der Waals surface area contributed by atoms with Gasteiger partial charge in [-0.1, -0.05) is 30.1 Å². The predicted octanol–water partition coefficient (Wildman–Crippen LogP) is 4.15. The van der Waals surface area contributed by atoms with Crippen molar-refractivity contribution < 1.29 is 8.42 Å². The Bertz CT molecular complexity index is 600. The van der Waals surface area contributed by atoms with Crippen molar-refractivity contribution in [3.8, 4) is 0 Å². The molecular weight excluding hydrogens is 341 g/mol. The van der Waals surface area contributed by atoms with E-state index in [1.165, 1.54) is 16.4 Å². The third-order valence-corrected chi connectivity index (χ3v) is 6.42. The summed E-state index contributed by atoms with van der Waals surface area (Å²) in [6, 6.07) is 2.92.